The van der Waals surface area contributed by atoms with Crippen LogP contribution in [0.4, 0.5) is 5.69 Å². The molecule has 1 aliphatic rings. The number of hydrogen-bond donors (Lipinski definition) is 0. The molecule has 0 spiro atoms. The van der Waals surface area contributed by atoms with Crippen LogP contribution in [0.3, 0.4) is 0 Å². The second-order valence-electron chi connectivity index (χ2n) is 6.82. The number of carbonyl (C=O) groups is 1. The van der Waals surface area contributed by atoms with Crippen LogP contribution < -0.4 is 0 Å². The molecule has 5 nitrogen and oxygen atoms in total. The molecule has 1 amide bonds. The molecule has 5 heteroatoms. The van der Waals surface area contributed by atoms with Crippen molar-refractivity contribution in [3.8, 4) is 0 Å². The average molecular weight is 361 g/mol. The van der Waals surface area contributed by atoms with Gasteiger partial charge in [-0.2, -0.15) is 0 Å². The number of fused-ring (bicyclic) bond motifs is 1. The lowest BCUT2D eigenvalue weighted by atomic mass is 10.2. The van der Waals surface area contributed by atoms with E-state index in [0.717, 1.165) is 22.2 Å². The first-order valence-corrected chi connectivity index (χ1v) is 9.25. The number of aliphatic imine (C=N–C) groups is 1. The van der Waals surface area contributed by atoms with Gasteiger partial charge in [0.15, 0.2) is 0 Å². The minimum absolute atomic E-state index is 0.126. The molecule has 0 radical (unpaired) electrons. The minimum Gasteiger partial charge on any atom is -0.378 e. The van der Waals surface area contributed by atoms with Crippen molar-refractivity contribution < 1.29 is 9.53 Å². The van der Waals surface area contributed by atoms with Crippen molar-refractivity contribution in [1.29, 1.82) is 0 Å². The Bertz CT molecular complexity index is 967. The third-order valence-electron chi connectivity index (χ3n) is 4.88. The van der Waals surface area contributed by atoms with Crippen molar-refractivity contribution in [3.05, 3.63) is 65.9 Å². The predicted molar refractivity (Wildman–Crippen MR) is 108 cm³/mol. The number of amides is 1. The van der Waals surface area contributed by atoms with E-state index in [4.69, 9.17) is 4.74 Å². The van der Waals surface area contributed by atoms with Gasteiger partial charge >= 0.3 is 0 Å². The molecule has 0 saturated carbocycles. The summed E-state index contributed by atoms with van der Waals surface area (Å²) in [6.45, 7) is 4.96. The summed E-state index contributed by atoms with van der Waals surface area (Å²) in [5, 5.41) is 1.10. The maximum atomic E-state index is 12.6. The number of rotatable bonds is 4. The Morgan fingerprint density at radius 1 is 1.11 bits per heavy atom. The Morgan fingerprint density at radius 2 is 1.85 bits per heavy atom. The second kappa shape index (κ2) is 7.76. The van der Waals surface area contributed by atoms with Crippen LogP contribution in [-0.2, 0) is 16.1 Å². The predicted octanol–water partition coefficient (Wildman–Crippen LogP) is 3.56. The zero-order chi connectivity index (χ0) is 18.6. The molecular formula is C22H23N3O2. The molecular weight excluding hydrogens is 338 g/mol. The zero-order valence-electron chi connectivity index (χ0n) is 15.5. The van der Waals surface area contributed by atoms with E-state index < -0.39 is 0 Å². The molecule has 1 saturated heterocycles. The van der Waals surface area contributed by atoms with E-state index >= 15 is 0 Å². The fourth-order valence-corrected chi connectivity index (χ4v) is 3.34. The number of aromatic nitrogens is 1. The van der Waals surface area contributed by atoms with Gasteiger partial charge in [0.05, 0.1) is 18.9 Å². The van der Waals surface area contributed by atoms with Gasteiger partial charge in [-0.15, -0.1) is 0 Å². The van der Waals surface area contributed by atoms with Crippen LogP contribution in [0.2, 0.25) is 0 Å². The maximum absolute atomic E-state index is 12.6. The molecule has 0 bridgehead atoms. The second-order valence-corrected chi connectivity index (χ2v) is 6.82. The van der Waals surface area contributed by atoms with Crippen LogP contribution in [0.15, 0.2) is 59.7 Å². The smallest absolute Gasteiger partial charge is 0.242 e. The van der Waals surface area contributed by atoms with Crippen molar-refractivity contribution in [2.75, 3.05) is 26.3 Å². The summed E-state index contributed by atoms with van der Waals surface area (Å²) >= 11 is 0. The molecule has 2 heterocycles. The summed E-state index contributed by atoms with van der Waals surface area (Å²) in [5.74, 6) is 0.126. The summed E-state index contributed by atoms with van der Waals surface area (Å²) in [6.07, 6.45) is 3.89. The number of hydrogen-bond acceptors (Lipinski definition) is 3. The van der Waals surface area contributed by atoms with Crippen molar-refractivity contribution in [2.45, 2.75) is 13.5 Å². The Hall–Kier alpha value is -2.92. The van der Waals surface area contributed by atoms with Crippen LogP contribution in [0.1, 0.15) is 11.1 Å². The highest BCUT2D eigenvalue weighted by Gasteiger charge is 2.18. The molecule has 0 unspecified atom stereocenters. The highest BCUT2D eigenvalue weighted by molar-refractivity contribution is 6.00. The van der Waals surface area contributed by atoms with Gasteiger partial charge in [0.25, 0.3) is 0 Å². The van der Waals surface area contributed by atoms with Crippen LogP contribution in [0.25, 0.3) is 10.9 Å². The zero-order valence-corrected chi connectivity index (χ0v) is 15.5. The van der Waals surface area contributed by atoms with Gasteiger partial charge in [-0.25, -0.2) is 0 Å². The largest absolute Gasteiger partial charge is 0.378 e. The Balaban J connectivity index is 1.60. The van der Waals surface area contributed by atoms with Crippen molar-refractivity contribution in [1.82, 2.24) is 9.47 Å². The normalized spacial score (nSPS) is 14.9. The molecule has 3 aromatic rings. The van der Waals surface area contributed by atoms with E-state index in [0.29, 0.717) is 32.8 Å². The number of benzene rings is 2. The Kier molecular flexibility index (Phi) is 5.03. The van der Waals surface area contributed by atoms with Crippen molar-refractivity contribution >= 4 is 28.7 Å². The lowest BCUT2D eigenvalue weighted by Crippen LogP contribution is -2.42. The first-order valence-electron chi connectivity index (χ1n) is 9.25. The van der Waals surface area contributed by atoms with Crippen LogP contribution in [0, 0.1) is 6.92 Å². The average Bonchev–Trinajstić information content (AvgIpc) is 3.06. The topological polar surface area (TPSA) is 46.8 Å². The fraction of sp³-hybridized carbons (Fsp3) is 0.273. The lowest BCUT2D eigenvalue weighted by molar-refractivity contribution is -0.135. The quantitative estimate of drug-likeness (QED) is 0.667. The number of ether oxygens (including phenoxy) is 1. The standard InChI is InChI=1S/C22H23N3O2/c1-17-6-8-19(9-7-17)23-14-18-15-25(21-5-3-2-4-20(18)21)16-22(26)24-10-12-27-13-11-24/h2-9,14-15H,10-13,16H2,1H3. The third kappa shape index (κ3) is 3.93. The number of nitrogens with zero attached hydrogens (tertiary/aromatic N) is 3. The monoisotopic (exact) mass is 361 g/mol. The van der Waals surface area contributed by atoms with Gasteiger partial charge < -0.3 is 14.2 Å². The van der Waals surface area contributed by atoms with Gasteiger partial charge in [0.1, 0.15) is 6.54 Å². The van der Waals surface area contributed by atoms with Crippen LogP contribution >= 0.6 is 0 Å². The minimum atomic E-state index is 0.126. The molecule has 0 atom stereocenters. The van der Waals surface area contributed by atoms with Gasteiger partial charge in [-0.1, -0.05) is 35.9 Å². The van der Waals surface area contributed by atoms with E-state index in [-0.39, 0.29) is 5.91 Å². The van der Waals surface area contributed by atoms with E-state index in [1.54, 1.807) is 0 Å². The van der Waals surface area contributed by atoms with E-state index in [2.05, 4.69) is 30.1 Å². The molecule has 1 aromatic heterocycles. The van der Waals surface area contributed by atoms with Gasteiger partial charge in [-0.3, -0.25) is 9.79 Å². The molecule has 0 aliphatic carbocycles. The van der Waals surface area contributed by atoms with Gasteiger partial charge in [-0.05, 0) is 25.1 Å². The summed E-state index contributed by atoms with van der Waals surface area (Å²) in [7, 11) is 0. The molecule has 138 valence electrons. The van der Waals surface area contributed by atoms with Gasteiger partial charge in [0.2, 0.25) is 5.91 Å². The summed E-state index contributed by atoms with van der Waals surface area (Å²) < 4.78 is 7.36. The number of para-hydroxylation sites is 1. The first-order chi connectivity index (χ1) is 13.2. The molecule has 4 rings (SSSR count). The van der Waals surface area contributed by atoms with Crippen LogP contribution in [0.5, 0.6) is 0 Å². The highest BCUT2D eigenvalue weighted by atomic mass is 16.5. The number of morpholine rings is 1. The molecule has 0 N–H and O–H groups in total. The van der Waals surface area contributed by atoms with Crippen molar-refractivity contribution in [2.24, 2.45) is 4.99 Å². The summed E-state index contributed by atoms with van der Waals surface area (Å²) in [4.78, 5) is 19.1. The molecule has 1 fully saturated rings. The van der Waals surface area contributed by atoms with E-state index in [1.165, 1.54) is 5.56 Å². The molecule has 2 aromatic carbocycles. The molecule has 1 aliphatic heterocycles. The molecule has 27 heavy (non-hydrogen) atoms. The fourth-order valence-electron chi connectivity index (χ4n) is 3.34. The van der Waals surface area contributed by atoms with Crippen LogP contribution in [-0.4, -0.2) is 47.9 Å². The number of carbonyl (C=O) groups excluding carboxylic acids is 1. The van der Waals surface area contributed by atoms with E-state index in [9.17, 15) is 4.79 Å². The van der Waals surface area contributed by atoms with E-state index in [1.807, 2.05) is 52.2 Å². The highest BCUT2D eigenvalue weighted by Crippen LogP contribution is 2.21. The SMILES string of the molecule is Cc1ccc(N=Cc2cn(CC(=O)N3CCOCC3)c3ccccc23)cc1. The Labute approximate surface area is 158 Å². The number of aryl methyl sites for hydroxylation is 1. The third-order valence-corrected chi connectivity index (χ3v) is 4.88. The maximum Gasteiger partial charge on any atom is 0.242 e. The Morgan fingerprint density at radius 3 is 2.63 bits per heavy atom. The van der Waals surface area contributed by atoms with Gasteiger partial charge in [0, 0.05) is 42.0 Å². The lowest BCUT2D eigenvalue weighted by Gasteiger charge is -2.27. The summed E-state index contributed by atoms with van der Waals surface area (Å²) in [6, 6.07) is 16.2. The first kappa shape index (κ1) is 17.5. The van der Waals surface area contributed by atoms with Crippen molar-refractivity contribution in [3.63, 3.8) is 0 Å². The summed E-state index contributed by atoms with van der Waals surface area (Å²) in [5.41, 5.74) is 4.19.